The number of nitrogens with zero attached hydrogens (tertiary/aromatic N) is 2. The molecule has 5 nitrogen and oxygen atoms in total. The van der Waals surface area contributed by atoms with Gasteiger partial charge in [0.2, 0.25) is 0 Å². The Balaban J connectivity index is 1.32. The van der Waals surface area contributed by atoms with Crippen LogP contribution in [0.25, 0.3) is 0 Å². The highest BCUT2D eigenvalue weighted by Gasteiger charge is 2.24. The van der Waals surface area contributed by atoms with Crippen LogP contribution in [0.4, 0.5) is 5.69 Å². The Morgan fingerprint density at radius 2 is 1.70 bits per heavy atom. The van der Waals surface area contributed by atoms with E-state index in [9.17, 15) is 4.79 Å². The molecule has 2 aromatic carbocycles. The van der Waals surface area contributed by atoms with Gasteiger partial charge >= 0.3 is 0 Å². The molecule has 0 radical (unpaired) electrons. The summed E-state index contributed by atoms with van der Waals surface area (Å²) in [5.41, 5.74) is 2.24. The molecule has 2 aliphatic heterocycles. The summed E-state index contributed by atoms with van der Waals surface area (Å²) in [5.74, 6) is 1.70. The third-order valence-electron chi connectivity index (χ3n) is 5.41. The summed E-state index contributed by atoms with van der Waals surface area (Å²) in [6.45, 7) is 6.06. The molecule has 1 fully saturated rings. The van der Waals surface area contributed by atoms with Gasteiger partial charge in [-0.2, -0.15) is 0 Å². The zero-order valence-electron chi connectivity index (χ0n) is 15.5. The number of para-hydroxylation sites is 1. The molecule has 2 aliphatic rings. The third kappa shape index (κ3) is 4.08. The lowest BCUT2D eigenvalue weighted by Crippen LogP contribution is -2.47. The average Bonchev–Trinajstić information content (AvgIpc) is 2.75. The quantitative estimate of drug-likeness (QED) is 0.736. The molecule has 2 heterocycles. The minimum atomic E-state index is -0.0177. The normalized spacial score (nSPS) is 18.1. The van der Waals surface area contributed by atoms with Crippen LogP contribution in [0.1, 0.15) is 17.9 Å². The average molecular weight is 366 g/mol. The minimum Gasteiger partial charge on any atom is -0.486 e. The van der Waals surface area contributed by atoms with E-state index in [1.165, 1.54) is 0 Å². The Kier molecular flexibility index (Phi) is 5.58. The maximum atomic E-state index is 11.5. The van der Waals surface area contributed by atoms with Crippen LogP contribution in [-0.4, -0.2) is 57.1 Å². The largest absolute Gasteiger partial charge is 0.486 e. The second-order valence-corrected chi connectivity index (χ2v) is 7.07. The fourth-order valence-electron chi connectivity index (χ4n) is 3.85. The number of hydrogen-bond donors (Lipinski definition) is 0. The number of ether oxygens (including phenoxy) is 2. The van der Waals surface area contributed by atoms with Gasteiger partial charge in [-0.3, -0.25) is 4.90 Å². The van der Waals surface area contributed by atoms with Gasteiger partial charge in [-0.25, -0.2) is 0 Å². The van der Waals surface area contributed by atoms with Crippen molar-refractivity contribution in [3.8, 4) is 11.5 Å². The van der Waals surface area contributed by atoms with Crippen molar-refractivity contribution in [2.45, 2.75) is 12.3 Å². The van der Waals surface area contributed by atoms with E-state index in [4.69, 9.17) is 9.47 Å². The smallest absolute Gasteiger partial charge is 0.184 e. The van der Waals surface area contributed by atoms with Crippen molar-refractivity contribution in [2.75, 3.05) is 50.8 Å². The summed E-state index contributed by atoms with van der Waals surface area (Å²) >= 11 is 0. The van der Waals surface area contributed by atoms with E-state index in [2.05, 4.69) is 15.9 Å². The summed E-state index contributed by atoms with van der Waals surface area (Å²) in [5, 5.41) is 0. The van der Waals surface area contributed by atoms with Crippen LogP contribution in [0.2, 0.25) is 0 Å². The highest BCUT2D eigenvalue weighted by atomic mass is 16.6. The second kappa shape index (κ2) is 8.44. The van der Waals surface area contributed by atoms with Gasteiger partial charge < -0.3 is 19.2 Å². The van der Waals surface area contributed by atoms with Gasteiger partial charge in [-0.05, 0) is 30.7 Å². The van der Waals surface area contributed by atoms with Crippen LogP contribution in [0, 0.1) is 0 Å². The molecule has 5 heteroatoms. The highest BCUT2D eigenvalue weighted by molar-refractivity contribution is 5.65. The van der Waals surface area contributed by atoms with Crippen molar-refractivity contribution >= 4 is 12.0 Å². The van der Waals surface area contributed by atoms with Crippen molar-refractivity contribution in [2.24, 2.45) is 0 Å². The fraction of sp³-hybridized carbons (Fsp3) is 0.409. The van der Waals surface area contributed by atoms with Gasteiger partial charge in [0.1, 0.15) is 19.5 Å². The Bertz CT molecular complexity index is 757. The number of piperazine rings is 1. The maximum Gasteiger partial charge on any atom is 0.184 e. The first-order valence-corrected chi connectivity index (χ1v) is 9.71. The highest BCUT2D eigenvalue weighted by Crippen LogP contribution is 2.39. The monoisotopic (exact) mass is 366 g/mol. The van der Waals surface area contributed by atoms with E-state index in [-0.39, 0.29) is 5.92 Å². The first-order valence-electron chi connectivity index (χ1n) is 9.71. The Morgan fingerprint density at radius 1 is 0.926 bits per heavy atom. The van der Waals surface area contributed by atoms with Gasteiger partial charge in [0.25, 0.3) is 0 Å². The lowest BCUT2D eigenvalue weighted by molar-refractivity contribution is -0.109. The van der Waals surface area contributed by atoms with Gasteiger partial charge in [0.15, 0.2) is 11.5 Å². The van der Waals surface area contributed by atoms with Crippen LogP contribution in [0.3, 0.4) is 0 Å². The number of rotatable bonds is 6. The molecule has 27 heavy (non-hydrogen) atoms. The first-order chi connectivity index (χ1) is 13.3. The molecule has 0 amide bonds. The standard InChI is InChI=1S/C22H26N2O3/c25-17-19(18-5-2-1-3-6-18)9-10-23-11-13-24(14-12-23)20-7-4-8-21-22(20)27-16-15-26-21/h1-8,17,19H,9-16H2. The number of benzene rings is 2. The van der Waals surface area contributed by atoms with Crippen LogP contribution >= 0.6 is 0 Å². The zero-order valence-corrected chi connectivity index (χ0v) is 15.5. The van der Waals surface area contributed by atoms with Crippen molar-refractivity contribution in [3.05, 3.63) is 54.1 Å². The van der Waals surface area contributed by atoms with Crippen molar-refractivity contribution in [1.82, 2.24) is 4.90 Å². The molecule has 0 bridgehead atoms. The predicted molar refractivity (Wildman–Crippen MR) is 106 cm³/mol. The topological polar surface area (TPSA) is 42.0 Å². The van der Waals surface area contributed by atoms with E-state index >= 15 is 0 Å². The number of aldehydes is 1. The molecule has 0 aromatic heterocycles. The molecule has 0 spiro atoms. The predicted octanol–water partition coefficient (Wildman–Crippen LogP) is 2.95. The van der Waals surface area contributed by atoms with Crippen LogP contribution in [0.15, 0.2) is 48.5 Å². The number of hydrogen-bond acceptors (Lipinski definition) is 5. The van der Waals surface area contributed by atoms with Crippen molar-refractivity contribution in [1.29, 1.82) is 0 Å². The van der Waals surface area contributed by atoms with E-state index in [1.807, 2.05) is 42.5 Å². The SMILES string of the molecule is O=CC(CCN1CCN(c2cccc3c2OCCO3)CC1)c1ccccc1. The van der Waals surface area contributed by atoms with Crippen LogP contribution in [-0.2, 0) is 4.79 Å². The minimum absolute atomic E-state index is 0.0177. The fourth-order valence-corrected chi connectivity index (χ4v) is 3.85. The molecular weight excluding hydrogens is 340 g/mol. The Hall–Kier alpha value is -2.53. The number of carbonyl (C=O) groups is 1. The summed E-state index contributed by atoms with van der Waals surface area (Å²) in [7, 11) is 0. The molecule has 1 atom stereocenters. The molecule has 4 rings (SSSR count). The lowest BCUT2D eigenvalue weighted by atomic mass is 9.97. The molecule has 1 saturated heterocycles. The van der Waals surface area contributed by atoms with Crippen LogP contribution < -0.4 is 14.4 Å². The Morgan fingerprint density at radius 3 is 2.48 bits per heavy atom. The first kappa shape index (κ1) is 17.9. The van der Waals surface area contributed by atoms with E-state index in [1.54, 1.807) is 0 Å². The van der Waals surface area contributed by atoms with Gasteiger partial charge in [0.05, 0.1) is 5.69 Å². The molecule has 142 valence electrons. The summed E-state index contributed by atoms with van der Waals surface area (Å²) in [4.78, 5) is 16.3. The van der Waals surface area contributed by atoms with Gasteiger partial charge in [0, 0.05) is 32.1 Å². The maximum absolute atomic E-state index is 11.5. The molecule has 2 aromatic rings. The molecule has 0 N–H and O–H groups in total. The number of carbonyl (C=O) groups excluding carboxylic acids is 1. The summed E-state index contributed by atoms with van der Waals surface area (Å²) in [6, 6.07) is 16.2. The Labute approximate surface area is 160 Å². The van der Waals surface area contributed by atoms with E-state index < -0.39 is 0 Å². The van der Waals surface area contributed by atoms with Gasteiger partial charge in [-0.15, -0.1) is 0 Å². The van der Waals surface area contributed by atoms with E-state index in [0.717, 1.165) is 68.2 Å². The number of fused-ring (bicyclic) bond motifs is 1. The number of anilines is 1. The van der Waals surface area contributed by atoms with E-state index in [0.29, 0.717) is 13.2 Å². The lowest BCUT2D eigenvalue weighted by Gasteiger charge is -2.37. The van der Waals surface area contributed by atoms with Gasteiger partial charge in [-0.1, -0.05) is 36.4 Å². The third-order valence-corrected chi connectivity index (χ3v) is 5.41. The summed E-state index contributed by atoms with van der Waals surface area (Å²) < 4.78 is 11.6. The van der Waals surface area contributed by atoms with Crippen LogP contribution in [0.5, 0.6) is 11.5 Å². The zero-order chi connectivity index (χ0) is 18.5. The molecule has 0 aliphatic carbocycles. The van der Waals surface area contributed by atoms with Crippen molar-refractivity contribution in [3.63, 3.8) is 0 Å². The second-order valence-electron chi connectivity index (χ2n) is 7.07. The summed E-state index contributed by atoms with van der Waals surface area (Å²) in [6.07, 6.45) is 1.95. The molecule has 0 saturated carbocycles. The molecular formula is C22H26N2O3. The van der Waals surface area contributed by atoms with Crippen molar-refractivity contribution < 1.29 is 14.3 Å². The molecule has 1 unspecified atom stereocenters.